The summed E-state index contributed by atoms with van der Waals surface area (Å²) in [6, 6.07) is 23.0. The third kappa shape index (κ3) is 2.14. The summed E-state index contributed by atoms with van der Waals surface area (Å²) in [5, 5.41) is 2.39. The summed E-state index contributed by atoms with van der Waals surface area (Å²) in [4.78, 5) is 30.0. The zero-order chi connectivity index (χ0) is 19.5. The summed E-state index contributed by atoms with van der Waals surface area (Å²) in [6.45, 7) is 0.406. The van der Waals surface area contributed by atoms with Gasteiger partial charge in [-0.2, -0.15) is 0 Å². The van der Waals surface area contributed by atoms with Gasteiger partial charge in [0.1, 0.15) is 0 Å². The van der Waals surface area contributed by atoms with Gasteiger partial charge in [0.15, 0.2) is 5.78 Å². The molecule has 3 aromatic carbocycles. The van der Waals surface area contributed by atoms with Gasteiger partial charge in [0.25, 0.3) is 5.56 Å². The normalized spacial score (nSPS) is 12.5. The maximum atomic E-state index is 13.5. The molecule has 29 heavy (non-hydrogen) atoms. The Morgan fingerprint density at radius 2 is 1.48 bits per heavy atom. The molecule has 0 saturated carbocycles. The van der Waals surface area contributed by atoms with E-state index in [-0.39, 0.29) is 11.3 Å². The highest BCUT2D eigenvalue weighted by Crippen LogP contribution is 2.39. The first kappa shape index (κ1) is 16.1. The number of aromatic nitrogens is 2. The van der Waals surface area contributed by atoms with Crippen LogP contribution in [0.4, 0.5) is 0 Å². The molecule has 2 heterocycles. The fraction of sp³-hybridized carbons (Fsp3) is 0.0400. The molecule has 0 spiro atoms. The minimum atomic E-state index is -0.0728. The molecule has 0 saturated heterocycles. The number of benzene rings is 3. The topological polar surface area (TPSA) is 54.9 Å². The van der Waals surface area contributed by atoms with E-state index in [1.54, 1.807) is 4.57 Å². The largest absolute Gasteiger partial charge is 0.361 e. The Morgan fingerprint density at radius 1 is 0.724 bits per heavy atom. The van der Waals surface area contributed by atoms with Gasteiger partial charge in [-0.05, 0) is 23.8 Å². The molecule has 0 atom stereocenters. The molecule has 0 bridgehead atoms. The van der Waals surface area contributed by atoms with Crippen LogP contribution < -0.4 is 5.56 Å². The van der Waals surface area contributed by atoms with Crippen LogP contribution in [0.5, 0.6) is 0 Å². The van der Waals surface area contributed by atoms with Gasteiger partial charge in [-0.1, -0.05) is 54.6 Å². The smallest absolute Gasteiger partial charge is 0.259 e. The molecule has 1 aliphatic rings. The molecule has 138 valence electrons. The van der Waals surface area contributed by atoms with Crippen LogP contribution >= 0.6 is 0 Å². The van der Waals surface area contributed by atoms with Gasteiger partial charge in [0.05, 0.1) is 17.8 Å². The molecule has 2 aromatic heterocycles. The van der Waals surface area contributed by atoms with Crippen molar-refractivity contribution in [1.29, 1.82) is 0 Å². The summed E-state index contributed by atoms with van der Waals surface area (Å²) in [5.74, 6) is -0.0135. The number of nitrogens with zero attached hydrogens (tertiary/aromatic N) is 1. The molecule has 4 heteroatoms. The molecular weight excluding hydrogens is 360 g/mol. The van der Waals surface area contributed by atoms with Gasteiger partial charge in [-0.15, -0.1) is 0 Å². The van der Waals surface area contributed by atoms with Crippen LogP contribution in [0.3, 0.4) is 0 Å². The second-order valence-electron chi connectivity index (χ2n) is 7.39. The van der Waals surface area contributed by atoms with E-state index in [2.05, 4.69) is 4.98 Å². The van der Waals surface area contributed by atoms with E-state index in [1.165, 1.54) is 0 Å². The number of rotatable bonds is 2. The molecule has 0 unspecified atom stereocenters. The average molecular weight is 376 g/mol. The van der Waals surface area contributed by atoms with Crippen LogP contribution in [-0.4, -0.2) is 15.3 Å². The van der Waals surface area contributed by atoms with Crippen LogP contribution in [0, 0.1) is 0 Å². The Kier molecular flexibility index (Phi) is 3.21. The van der Waals surface area contributed by atoms with Crippen molar-refractivity contribution in [2.45, 2.75) is 6.54 Å². The Morgan fingerprint density at radius 3 is 2.34 bits per heavy atom. The number of ketones is 1. The quantitative estimate of drug-likeness (QED) is 0.474. The predicted octanol–water partition coefficient (Wildman–Crippen LogP) is 4.74. The SMILES string of the molecule is O=C1c2ccccc2-c2c1c1ccccc1c(=O)n2Cc1cccc2[nH]ccc12. The van der Waals surface area contributed by atoms with Crippen LogP contribution in [0.2, 0.25) is 0 Å². The van der Waals surface area contributed by atoms with Crippen molar-refractivity contribution in [3.63, 3.8) is 0 Å². The van der Waals surface area contributed by atoms with Crippen molar-refractivity contribution < 1.29 is 4.79 Å². The monoisotopic (exact) mass is 376 g/mol. The molecule has 5 aromatic rings. The van der Waals surface area contributed by atoms with E-state index >= 15 is 0 Å². The molecule has 6 rings (SSSR count). The molecular formula is C25H16N2O2. The van der Waals surface area contributed by atoms with E-state index in [0.717, 1.165) is 33.1 Å². The second kappa shape index (κ2) is 5.79. The van der Waals surface area contributed by atoms with Gasteiger partial charge < -0.3 is 9.55 Å². The lowest BCUT2D eigenvalue weighted by molar-refractivity contribution is 0.104. The Bertz CT molecular complexity index is 1520. The molecule has 1 N–H and O–H groups in total. The van der Waals surface area contributed by atoms with Crippen molar-refractivity contribution in [3.8, 4) is 11.3 Å². The Labute approximate surface area is 166 Å². The van der Waals surface area contributed by atoms with Crippen LogP contribution in [-0.2, 0) is 6.54 Å². The van der Waals surface area contributed by atoms with Crippen molar-refractivity contribution in [2.24, 2.45) is 0 Å². The summed E-state index contributed by atoms with van der Waals surface area (Å²) in [6.07, 6.45) is 1.90. The summed E-state index contributed by atoms with van der Waals surface area (Å²) in [5.41, 5.74) is 4.84. The van der Waals surface area contributed by atoms with Gasteiger partial charge >= 0.3 is 0 Å². The first-order chi connectivity index (χ1) is 14.2. The molecule has 0 fully saturated rings. The fourth-order valence-corrected chi connectivity index (χ4v) is 4.54. The van der Waals surface area contributed by atoms with E-state index in [0.29, 0.717) is 23.1 Å². The van der Waals surface area contributed by atoms with Crippen molar-refractivity contribution >= 4 is 27.5 Å². The molecule has 4 nitrogen and oxygen atoms in total. The minimum absolute atomic E-state index is 0.0135. The van der Waals surface area contributed by atoms with Crippen molar-refractivity contribution in [2.75, 3.05) is 0 Å². The number of pyridine rings is 1. The van der Waals surface area contributed by atoms with Gasteiger partial charge in [0, 0.05) is 39.0 Å². The number of carbonyl (C=O) groups excluding carboxylic acids is 1. The van der Waals surface area contributed by atoms with E-state index in [1.807, 2.05) is 79.0 Å². The second-order valence-corrected chi connectivity index (χ2v) is 7.39. The number of hydrogen-bond donors (Lipinski definition) is 1. The predicted molar refractivity (Wildman–Crippen MR) is 114 cm³/mol. The summed E-state index contributed by atoms with van der Waals surface area (Å²) in [7, 11) is 0. The molecule has 0 amide bonds. The van der Waals surface area contributed by atoms with E-state index < -0.39 is 0 Å². The highest BCUT2D eigenvalue weighted by Gasteiger charge is 2.32. The first-order valence-corrected chi connectivity index (χ1v) is 9.58. The number of H-pyrrole nitrogens is 1. The highest BCUT2D eigenvalue weighted by atomic mass is 16.1. The van der Waals surface area contributed by atoms with Crippen molar-refractivity contribution in [3.05, 3.63) is 106 Å². The molecule has 1 aliphatic carbocycles. The van der Waals surface area contributed by atoms with Gasteiger partial charge in [-0.25, -0.2) is 0 Å². The lowest BCUT2D eigenvalue weighted by Crippen LogP contribution is -2.24. The van der Waals surface area contributed by atoms with Crippen LogP contribution in [0.15, 0.2) is 83.8 Å². The first-order valence-electron chi connectivity index (χ1n) is 9.58. The third-order valence-corrected chi connectivity index (χ3v) is 5.85. The maximum Gasteiger partial charge on any atom is 0.259 e. The minimum Gasteiger partial charge on any atom is -0.361 e. The van der Waals surface area contributed by atoms with Crippen LogP contribution in [0.1, 0.15) is 21.5 Å². The van der Waals surface area contributed by atoms with Gasteiger partial charge in [0.2, 0.25) is 0 Å². The Hall–Kier alpha value is -3.92. The number of carbonyl (C=O) groups is 1. The third-order valence-electron chi connectivity index (χ3n) is 5.85. The lowest BCUT2D eigenvalue weighted by Gasteiger charge is -2.15. The van der Waals surface area contributed by atoms with Crippen molar-refractivity contribution in [1.82, 2.24) is 9.55 Å². The zero-order valence-electron chi connectivity index (χ0n) is 15.5. The molecule has 0 radical (unpaired) electrons. The zero-order valence-corrected chi connectivity index (χ0v) is 15.5. The standard InChI is InChI=1S/C25H16N2O2/c28-24-19-9-3-2-8-18(19)23-22(24)17-7-1-4-10-20(17)25(29)27(23)14-15-6-5-11-21-16(15)12-13-26-21/h1-13,26H,14H2. The maximum absolute atomic E-state index is 13.5. The summed E-state index contributed by atoms with van der Waals surface area (Å²) >= 11 is 0. The van der Waals surface area contributed by atoms with Crippen LogP contribution in [0.25, 0.3) is 32.9 Å². The average Bonchev–Trinajstić information content (AvgIpc) is 3.35. The number of aromatic amines is 1. The molecule has 0 aliphatic heterocycles. The van der Waals surface area contributed by atoms with Gasteiger partial charge in [-0.3, -0.25) is 9.59 Å². The highest BCUT2D eigenvalue weighted by molar-refractivity contribution is 6.26. The number of hydrogen-bond acceptors (Lipinski definition) is 2. The Balaban J connectivity index is 1.72. The lowest BCUT2D eigenvalue weighted by atomic mass is 10.0. The van der Waals surface area contributed by atoms with E-state index in [9.17, 15) is 9.59 Å². The number of nitrogens with one attached hydrogen (secondary N) is 1. The number of fused-ring (bicyclic) bond motifs is 6. The van der Waals surface area contributed by atoms with E-state index in [4.69, 9.17) is 0 Å². The summed E-state index contributed by atoms with van der Waals surface area (Å²) < 4.78 is 1.77. The fourth-order valence-electron chi connectivity index (χ4n) is 4.54.